The summed E-state index contributed by atoms with van der Waals surface area (Å²) >= 11 is 0. The lowest BCUT2D eigenvalue weighted by Gasteiger charge is -2.29. The standard InChI is InChI=1S/C28H27N3O2/c1-31(28(33)22-12-6-3-7-13-22)25(18-21-10-4-2-5-11-21)16-17-29-27(32)26-19-23-14-8-9-15-24(23)20-30-26/h2-15,19-20,25H,16-18H2,1H3,(H,29,32). The molecule has 4 rings (SSSR count). The molecule has 0 bridgehead atoms. The van der Waals surface area contributed by atoms with Crippen molar-refractivity contribution in [3.63, 3.8) is 0 Å². The topological polar surface area (TPSA) is 62.3 Å². The highest BCUT2D eigenvalue weighted by Gasteiger charge is 2.22. The van der Waals surface area contributed by atoms with Crippen molar-refractivity contribution in [1.82, 2.24) is 15.2 Å². The minimum absolute atomic E-state index is 0.0287. The number of rotatable bonds is 8. The van der Waals surface area contributed by atoms with Crippen molar-refractivity contribution in [2.45, 2.75) is 18.9 Å². The summed E-state index contributed by atoms with van der Waals surface area (Å²) in [5.41, 5.74) is 2.20. The van der Waals surface area contributed by atoms with Crippen LogP contribution in [0.1, 0.15) is 32.8 Å². The smallest absolute Gasteiger partial charge is 0.269 e. The minimum Gasteiger partial charge on any atom is -0.351 e. The number of benzene rings is 3. The van der Waals surface area contributed by atoms with E-state index in [0.29, 0.717) is 30.6 Å². The Labute approximate surface area is 194 Å². The Balaban J connectivity index is 1.44. The second-order valence-corrected chi connectivity index (χ2v) is 8.09. The Morgan fingerprint density at radius 1 is 0.879 bits per heavy atom. The highest BCUT2D eigenvalue weighted by molar-refractivity contribution is 5.96. The van der Waals surface area contributed by atoms with Gasteiger partial charge in [0.25, 0.3) is 11.8 Å². The Morgan fingerprint density at radius 3 is 2.24 bits per heavy atom. The van der Waals surface area contributed by atoms with E-state index in [-0.39, 0.29) is 17.9 Å². The number of aromatic nitrogens is 1. The second-order valence-electron chi connectivity index (χ2n) is 8.09. The molecule has 5 nitrogen and oxygen atoms in total. The molecule has 4 aromatic rings. The molecule has 2 amide bonds. The maximum atomic E-state index is 13.0. The molecule has 1 heterocycles. The average molecular weight is 438 g/mol. The summed E-state index contributed by atoms with van der Waals surface area (Å²) in [4.78, 5) is 31.8. The molecule has 0 saturated heterocycles. The molecule has 1 aromatic heterocycles. The number of fused-ring (bicyclic) bond motifs is 1. The van der Waals surface area contributed by atoms with E-state index in [4.69, 9.17) is 0 Å². The molecule has 0 aliphatic heterocycles. The van der Waals surface area contributed by atoms with Crippen molar-refractivity contribution < 1.29 is 9.59 Å². The number of hydrogen-bond acceptors (Lipinski definition) is 3. The van der Waals surface area contributed by atoms with E-state index in [1.165, 1.54) is 0 Å². The molecule has 1 unspecified atom stereocenters. The Bertz CT molecular complexity index is 1230. The fourth-order valence-electron chi connectivity index (χ4n) is 3.92. The van der Waals surface area contributed by atoms with Crippen molar-refractivity contribution in [3.8, 4) is 0 Å². The van der Waals surface area contributed by atoms with Gasteiger partial charge in [0.15, 0.2) is 0 Å². The molecule has 0 aliphatic carbocycles. The van der Waals surface area contributed by atoms with E-state index in [9.17, 15) is 9.59 Å². The highest BCUT2D eigenvalue weighted by Crippen LogP contribution is 2.15. The number of hydrogen-bond donors (Lipinski definition) is 1. The lowest BCUT2D eigenvalue weighted by Crippen LogP contribution is -2.41. The molecule has 5 heteroatoms. The summed E-state index contributed by atoms with van der Waals surface area (Å²) < 4.78 is 0. The molecular formula is C28H27N3O2. The molecule has 0 aliphatic rings. The monoisotopic (exact) mass is 437 g/mol. The van der Waals surface area contributed by atoms with Crippen LogP contribution in [0.2, 0.25) is 0 Å². The van der Waals surface area contributed by atoms with Gasteiger partial charge < -0.3 is 10.2 Å². The summed E-state index contributed by atoms with van der Waals surface area (Å²) in [6.07, 6.45) is 3.05. The van der Waals surface area contributed by atoms with Crippen LogP contribution in [0.4, 0.5) is 0 Å². The van der Waals surface area contributed by atoms with E-state index in [2.05, 4.69) is 22.4 Å². The molecule has 166 valence electrons. The Hall–Kier alpha value is -3.99. The average Bonchev–Trinajstić information content (AvgIpc) is 2.88. The molecule has 0 spiro atoms. The Kier molecular flexibility index (Phi) is 7.10. The number of carbonyl (C=O) groups is 2. The molecule has 0 fully saturated rings. The van der Waals surface area contributed by atoms with Crippen LogP contribution in [0.25, 0.3) is 10.8 Å². The van der Waals surface area contributed by atoms with Crippen LogP contribution in [0.15, 0.2) is 97.2 Å². The number of nitrogens with one attached hydrogen (secondary N) is 1. The van der Waals surface area contributed by atoms with E-state index in [1.54, 1.807) is 17.2 Å². The van der Waals surface area contributed by atoms with E-state index < -0.39 is 0 Å². The first-order chi connectivity index (χ1) is 16.1. The van der Waals surface area contributed by atoms with Gasteiger partial charge in [0.05, 0.1) is 0 Å². The maximum Gasteiger partial charge on any atom is 0.269 e. The summed E-state index contributed by atoms with van der Waals surface area (Å²) in [7, 11) is 1.83. The first-order valence-corrected chi connectivity index (χ1v) is 11.1. The predicted molar refractivity (Wildman–Crippen MR) is 131 cm³/mol. The van der Waals surface area contributed by atoms with Crippen LogP contribution in [-0.2, 0) is 6.42 Å². The van der Waals surface area contributed by atoms with Gasteiger partial charge in [-0.3, -0.25) is 14.6 Å². The van der Waals surface area contributed by atoms with Crippen LogP contribution in [-0.4, -0.2) is 41.3 Å². The molecule has 1 atom stereocenters. The van der Waals surface area contributed by atoms with Gasteiger partial charge in [0.1, 0.15) is 5.69 Å². The fourth-order valence-corrected chi connectivity index (χ4v) is 3.92. The van der Waals surface area contributed by atoms with Gasteiger partial charge in [-0.05, 0) is 42.0 Å². The van der Waals surface area contributed by atoms with Crippen molar-refractivity contribution in [1.29, 1.82) is 0 Å². The molecule has 0 saturated carbocycles. The van der Waals surface area contributed by atoms with E-state index in [1.807, 2.05) is 79.8 Å². The maximum absolute atomic E-state index is 13.0. The van der Waals surface area contributed by atoms with Gasteiger partial charge in [-0.1, -0.05) is 72.8 Å². The zero-order chi connectivity index (χ0) is 23.0. The Morgan fingerprint density at radius 2 is 1.52 bits per heavy atom. The normalized spacial score (nSPS) is 11.7. The number of amides is 2. The predicted octanol–water partition coefficient (Wildman–Crippen LogP) is 4.74. The van der Waals surface area contributed by atoms with Crippen LogP contribution in [0.3, 0.4) is 0 Å². The minimum atomic E-state index is -0.212. The summed E-state index contributed by atoms with van der Waals surface area (Å²) in [5, 5.41) is 4.95. The van der Waals surface area contributed by atoms with Crippen LogP contribution in [0.5, 0.6) is 0 Å². The van der Waals surface area contributed by atoms with Crippen LogP contribution < -0.4 is 5.32 Å². The van der Waals surface area contributed by atoms with Crippen molar-refractivity contribution in [2.75, 3.05) is 13.6 Å². The van der Waals surface area contributed by atoms with Gasteiger partial charge in [0.2, 0.25) is 0 Å². The quantitative estimate of drug-likeness (QED) is 0.433. The van der Waals surface area contributed by atoms with E-state index in [0.717, 1.165) is 16.3 Å². The lowest BCUT2D eigenvalue weighted by molar-refractivity contribution is 0.0723. The van der Waals surface area contributed by atoms with E-state index >= 15 is 0 Å². The zero-order valence-corrected chi connectivity index (χ0v) is 18.6. The third-order valence-corrected chi connectivity index (χ3v) is 5.83. The van der Waals surface area contributed by atoms with Gasteiger partial charge in [-0.2, -0.15) is 0 Å². The number of pyridine rings is 1. The number of likely N-dealkylation sites (N-methyl/N-ethyl adjacent to an activating group) is 1. The van der Waals surface area contributed by atoms with Crippen molar-refractivity contribution in [2.24, 2.45) is 0 Å². The van der Waals surface area contributed by atoms with Gasteiger partial charge in [-0.15, -0.1) is 0 Å². The van der Waals surface area contributed by atoms with Crippen LogP contribution in [0, 0.1) is 0 Å². The molecule has 33 heavy (non-hydrogen) atoms. The second kappa shape index (κ2) is 10.6. The number of nitrogens with zero attached hydrogens (tertiary/aromatic N) is 2. The van der Waals surface area contributed by atoms with Crippen LogP contribution >= 0.6 is 0 Å². The first kappa shape index (κ1) is 22.2. The SMILES string of the molecule is CN(C(=O)c1ccccc1)C(CCNC(=O)c1cc2ccccc2cn1)Cc1ccccc1. The van der Waals surface area contributed by atoms with Gasteiger partial charge in [0, 0.05) is 36.8 Å². The summed E-state index contributed by atoms with van der Waals surface area (Å²) in [6, 6.07) is 28.9. The molecule has 0 radical (unpaired) electrons. The van der Waals surface area contributed by atoms with Crippen molar-refractivity contribution >= 4 is 22.6 Å². The zero-order valence-electron chi connectivity index (χ0n) is 18.6. The summed E-state index contributed by atoms with van der Waals surface area (Å²) in [5.74, 6) is -0.240. The van der Waals surface area contributed by atoms with Gasteiger partial charge in [-0.25, -0.2) is 0 Å². The van der Waals surface area contributed by atoms with Crippen molar-refractivity contribution in [3.05, 3.63) is 114 Å². The third-order valence-electron chi connectivity index (χ3n) is 5.83. The lowest BCUT2D eigenvalue weighted by atomic mass is 10.0. The highest BCUT2D eigenvalue weighted by atomic mass is 16.2. The molecule has 3 aromatic carbocycles. The largest absolute Gasteiger partial charge is 0.351 e. The third kappa shape index (κ3) is 5.63. The first-order valence-electron chi connectivity index (χ1n) is 11.1. The summed E-state index contributed by atoms with van der Waals surface area (Å²) in [6.45, 7) is 0.442. The van der Waals surface area contributed by atoms with Gasteiger partial charge >= 0.3 is 0 Å². The number of carbonyl (C=O) groups excluding carboxylic acids is 2. The molecule has 1 N–H and O–H groups in total. The fraction of sp³-hybridized carbons (Fsp3) is 0.179. The molecular weight excluding hydrogens is 410 g/mol.